The van der Waals surface area contributed by atoms with Crippen molar-refractivity contribution in [2.45, 2.75) is 38.1 Å². The Bertz CT molecular complexity index is 1010. The molecule has 0 N–H and O–H groups in total. The van der Waals surface area contributed by atoms with Crippen LogP contribution in [0.25, 0.3) is 22.3 Å². The van der Waals surface area contributed by atoms with E-state index in [4.69, 9.17) is 24.2 Å². The lowest BCUT2D eigenvalue weighted by atomic mass is 9.94. The molecule has 1 aliphatic rings. The fourth-order valence-electron chi connectivity index (χ4n) is 4.31. The number of fused-ring (bicyclic) bond motifs is 1. The zero-order chi connectivity index (χ0) is 21.1. The Labute approximate surface area is 177 Å². The van der Waals surface area contributed by atoms with Crippen molar-refractivity contribution in [1.29, 1.82) is 0 Å². The fraction of sp³-hybridized carbons (Fsp3) is 0.417. The molecular formula is C24H29N3O3. The molecule has 1 aromatic heterocycles. The van der Waals surface area contributed by atoms with E-state index in [-0.39, 0.29) is 0 Å². The second-order valence-electron chi connectivity index (χ2n) is 7.70. The minimum Gasteiger partial charge on any atom is -0.493 e. The standard InChI is InChI=1S/C24H29N3O3/c1-27(17-10-6-5-7-11-17)24-18-12-8-9-13-19(18)25-23(26-24)16-14-20(28-2)22(30-4)21(15-16)29-3/h8-9,12-15,17H,5-7,10-11H2,1-4H3. The van der Waals surface area contributed by atoms with Crippen molar-refractivity contribution in [1.82, 2.24) is 9.97 Å². The van der Waals surface area contributed by atoms with Crippen molar-refractivity contribution in [3.8, 4) is 28.6 Å². The molecule has 0 spiro atoms. The van der Waals surface area contributed by atoms with E-state index in [1.165, 1.54) is 32.1 Å². The first kappa shape index (κ1) is 20.3. The van der Waals surface area contributed by atoms with Crippen LogP contribution in [0.3, 0.4) is 0 Å². The van der Waals surface area contributed by atoms with E-state index in [1.54, 1.807) is 21.3 Å². The number of hydrogen-bond donors (Lipinski definition) is 0. The number of methoxy groups -OCH3 is 3. The third-order valence-electron chi connectivity index (χ3n) is 5.96. The first-order valence-electron chi connectivity index (χ1n) is 10.5. The van der Waals surface area contributed by atoms with Crippen LogP contribution in [-0.2, 0) is 0 Å². The van der Waals surface area contributed by atoms with E-state index >= 15 is 0 Å². The highest BCUT2D eigenvalue weighted by atomic mass is 16.5. The molecule has 1 saturated carbocycles. The monoisotopic (exact) mass is 407 g/mol. The summed E-state index contributed by atoms with van der Waals surface area (Å²) < 4.78 is 16.5. The average molecular weight is 408 g/mol. The SMILES string of the molecule is COc1cc(-c2nc(N(C)C3CCCCC3)c3ccccc3n2)cc(OC)c1OC. The van der Waals surface area contributed by atoms with Gasteiger partial charge in [0.2, 0.25) is 5.75 Å². The third kappa shape index (κ3) is 3.74. The van der Waals surface area contributed by atoms with Gasteiger partial charge in [-0.1, -0.05) is 31.4 Å². The highest BCUT2D eigenvalue weighted by molar-refractivity contribution is 5.91. The number of rotatable bonds is 6. The smallest absolute Gasteiger partial charge is 0.203 e. The van der Waals surface area contributed by atoms with Gasteiger partial charge in [0.1, 0.15) is 5.82 Å². The second kappa shape index (κ2) is 8.78. The molecule has 0 atom stereocenters. The molecule has 1 fully saturated rings. The maximum absolute atomic E-state index is 5.53. The molecule has 0 saturated heterocycles. The van der Waals surface area contributed by atoms with Crippen LogP contribution in [0.5, 0.6) is 17.2 Å². The second-order valence-corrected chi connectivity index (χ2v) is 7.70. The van der Waals surface area contributed by atoms with E-state index in [2.05, 4.69) is 18.0 Å². The largest absolute Gasteiger partial charge is 0.493 e. The van der Waals surface area contributed by atoms with Crippen LogP contribution in [0.15, 0.2) is 36.4 Å². The first-order valence-corrected chi connectivity index (χ1v) is 10.5. The molecule has 0 unspecified atom stereocenters. The highest BCUT2D eigenvalue weighted by Gasteiger charge is 2.23. The van der Waals surface area contributed by atoms with Crippen LogP contribution in [-0.4, -0.2) is 44.4 Å². The lowest BCUT2D eigenvalue weighted by Crippen LogP contribution is -2.34. The van der Waals surface area contributed by atoms with Crippen molar-refractivity contribution in [3.63, 3.8) is 0 Å². The van der Waals surface area contributed by atoms with E-state index in [0.29, 0.717) is 29.1 Å². The summed E-state index contributed by atoms with van der Waals surface area (Å²) in [5, 5.41) is 1.07. The molecule has 6 nitrogen and oxygen atoms in total. The molecule has 6 heteroatoms. The van der Waals surface area contributed by atoms with E-state index in [0.717, 1.165) is 22.3 Å². The maximum atomic E-state index is 5.53. The molecule has 1 heterocycles. The lowest BCUT2D eigenvalue weighted by molar-refractivity contribution is 0.324. The van der Waals surface area contributed by atoms with Crippen LogP contribution in [0.1, 0.15) is 32.1 Å². The molecule has 1 aliphatic carbocycles. The molecule has 2 aromatic carbocycles. The minimum absolute atomic E-state index is 0.504. The van der Waals surface area contributed by atoms with Crippen molar-refractivity contribution >= 4 is 16.7 Å². The van der Waals surface area contributed by atoms with Crippen molar-refractivity contribution in [2.24, 2.45) is 0 Å². The van der Waals surface area contributed by atoms with Crippen LogP contribution < -0.4 is 19.1 Å². The zero-order valence-electron chi connectivity index (χ0n) is 18.1. The van der Waals surface area contributed by atoms with Crippen LogP contribution in [0, 0.1) is 0 Å². The zero-order valence-corrected chi connectivity index (χ0v) is 18.1. The Morgan fingerprint density at radius 3 is 2.17 bits per heavy atom. The Balaban J connectivity index is 1.86. The maximum Gasteiger partial charge on any atom is 0.203 e. The highest BCUT2D eigenvalue weighted by Crippen LogP contribution is 2.41. The molecule has 0 bridgehead atoms. The number of nitrogens with zero attached hydrogens (tertiary/aromatic N) is 3. The topological polar surface area (TPSA) is 56.7 Å². The summed E-state index contributed by atoms with van der Waals surface area (Å²) in [4.78, 5) is 12.2. The van der Waals surface area contributed by atoms with Gasteiger partial charge in [-0.15, -0.1) is 0 Å². The van der Waals surface area contributed by atoms with Gasteiger partial charge in [0.25, 0.3) is 0 Å². The third-order valence-corrected chi connectivity index (χ3v) is 5.96. The molecule has 3 aromatic rings. The lowest BCUT2D eigenvalue weighted by Gasteiger charge is -2.32. The van der Waals surface area contributed by atoms with E-state index in [9.17, 15) is 0 Å². The van der Waals surface area contributed by atoms with Crippen LogP contribution >= 0.6 is 0 Å². The van der Waals surface area contributed by atoms with Gasteiger partial charge >= 0.3 is 0 Å². The van der Waals surface area contributed by atoms with E-state index in [1.807, 2.05) is 30.3 Å². The number of para-hydroxylation sites is 1. The number of anilines is 1. The quantitative estimate of drug-likeness (QED) is 0.567. The molecule has 0 radical (unpaired) electrons. The Morgan fingerprint density at radius 2 is 1.53 bits per heavy atom. The first-order chi connectivity index (χ1) is 14.7. The Morgan fingerprint density at radius 1 is 0.867 bits per heavy atom. The summed E-state index contributed by atoms with van der Waals surface area (Å²) in [6, 6.07) is 12.5. The molecular weight excluding hydrogens is 378 g/mol. The molecule has 0 aliphatic heterocycles. The number of aromatic nitrogens is 2. The van der Waals surface area contributed by atoms with Gasteiger partial charge in [-0.05, 0) is 37.1 Å². The van der Waals surface area contributed by atoms with Crippen molar-refractivity contribution in [3.05, 3.63) is 36.4 Å². The van der Waals surface area contributed by atoms with Gasteiger partial charge in [0, 0.05) is 24.0 Å². The summed E-state index contributed by atoms with van der Waals surface area (Å²) in [6.45, 7) is 0. The fourth-order valence-corrected chi connectivity index (χ4v) is 4.31. The van der Waals surface area contributed by atoms with Crippen molar-refractivity contribution < 1.29 is 14.2 Å². The van der Waals surface area contributed by atoms with E-state index < -0.39 is 0 Å². The number of benzene rings is 2. The summed E-state index contributed by atoms with van der Waals surface area (Å²) in [6.07, 6.45) is 6.28. The van der Waals surface area contributed by atoms with Gasteiger partial charge in [-0.3, -0.25) is 0 Å². The van der Waals surface area contributed by atoms with Gasteiger partial charge in [0.05, 0.1) is 26.8 Å². The Hall–Kier alpha value is -3.02. The van der Waals surface area contributed by atoms with Gasteiger partial charge in [-0.2, -0.15) is 0 Å². The van der Waals surface area contributed by atoms with Crippen LogP contribution in [0.2, 0.25) is 0 Å². The van der Waals surface area contributed by atoms with Gasteiger partial charge in [-0.25, -0.2) is 9.97 Å². The summed E-state index contributed by atoms with van der Waals surface area (Å²) in [5.41, 5.74) is 1.75. The van der Waals surface area contributed by atoms with Gasteiger partial charge in [0.15, 0.2) is 17.3 Å². The number of ether oxygens (including phenoxy) is 3. The van der Waals surface area contributed by atoms with Crippen molar-refractivity contribution in [2.75, 3.05) is 33.3 Å². The van der Waals surface area contributed by atoms with Crippen LogP contribution in [0.4, 0.5) is 5.82 Å². The predicted molar refractivity (Wildman–Crippen MR) is 120 cm³/mol. The molecule has 0 amide bonds. The molecule has 30 heavy (non-hydrogen) atoms. The Kier molecular flexibility index (Phi) is 5.93. The summed E-state index contributed by atoms with van der Waals surface area (Å²) >= 11 is 0. The van der Waals surface area contributed by atoms with Gasteiger partial charge < -0.3 is 19.1 Å². The number of hydrogen-bond acceptors (Lipinski definition) is 6. The molecule has 4 rings (SSSR count). The molecule has 158 valence electrons. The normalized spacial score (nSPS) is 14.5. The predicted octanol–water partition coefficient (Wildman–Crippen LogP) is 5.09. The summed E-state index contributed by atoms with van der Waals surface area (Å²) in [7, 11) is 6.99. The average Bonchev–Trinajstić information content (AvgIpc) is 2.82. The summed E-state index contributed by atoms with van der Waals surface area (Å²) in [5.74, 6) is 3.35. The minimum atomic E-state index is 0.504.